The Morgan fingerprint density at radius 2 is 1.91 bits per heavy atom. The van der Waals surface area contributed by atoms with E-state index in [1.54, 1.807) is 19.3 Å². The van der Waals surface area contributed by atoms with Crippen molar-refractivity contribution in [3.63, 3.8) is 0 Å². The molecule has 0 saturated carbocycles. The molecular weight excluding hydrogens is 278 g/mol. The SMILES string of the molecule is COc1cccc(C2=NC(=Cc3ccc(C)cc3)C(=O)O2)c1. The first kappa shape index (κ1) is 14.1. The Morgan fingerprint density at radius 3 is 2.64 bits per heavy atom. The van der Waals surface area contributed by atoms with Gasteiger partial charge in [0.05, 0.1) is 7.11 Å². The summed E-state index contributed by atoms with van der Waals surface area (Å²) >= 11 is 0. The fourth-order valence-electron chi connectivity index (χ4n) is 2.11. The number of hydrogen-bond donors (Lipinski definition) is 0. The smallest absolute Gasteiger partial charge is 0.363 e. The fourth-order valence-corrected chi connectivity index (χ4v) is 2.11. The van der Waals surface area contributed by atoms with Crippen LogP contribution in [0.15, 0.2) is 59.2 Å². The number of hydrogen-bond acceptors (Lipinski definition) is 4. The summed E-state index contributed by atoms with van der Waals surface area (Å²) in [6.07, 6.45) is 1.72. The first-order valence-electron chi connectivity index (χ1n) is 6.89. The van der Waals surface area contributed by atoms with Gasteiger partial charge >= 0.3 is 5.97 Å². The van der Waals surface area contributed by atoms with Crippen LogP contribution in [0.5, 0.6) is 5.75 Å². The largest absolute Gasteiger partial charge is 0.497 e. The highest BCUT2D eigenvalue weighted by Crippen LogP contribution is 2.21. The summed E-state index contributed by atoms with van der Waals surface area (Å²) in [7, 11) is 1.59. The van der Waals surface area contributed by atoms with Gasteiger partial charge in [-0.05, 0) is 36.8 Å². The number of rotatable bonds is 3. The van der Waals surface area contributed by atoms with Crippen LogP contribution in [0.2, 0.25) is 0 Å². The van der Waals surface area contributed by atoms with E-state index in [2.05, 4.69) is 4.99 Å². The maximum atomic E-state index is 11.9. The van der Waals surface area contributed by atoms with Crippen molar-refractivity contribution >= 4 is 17.9 Å². The van der Waals surface area contributed by atoms with Crippen molar-refractivity contribution in [2.45, 2.75) is 6.92 Å². The molecule has 110 valence electrons. The minimum absolute atomic E-state index is 0.293. The Balaban J connectivity index is 1.92. The van der Waals surface area contributed by atoms with Crippen LogP contribution >= 0.6 is 0 Å². The summed E-state index contributed by atoms with van der Waals surface area (Å²) < 4.78 is 10.4. The summed E-state index contributed by atoms with van der Waals surface area (Å²) in [6, 6.07) is 15.1. The van der Waals surface area contributed by atoms with Crippen molar-refractivity contribution in [3.8, 4) is 5.75 Å². The maximum Gasteiger partial charge on any atom is 0.363 e. The predicted molar refractivity (Wildman–Crippen MR) is 84.8 cm³/mol. The highest BCUT2D eigenvalue weighted by Gasteiger charge is 2.24. The number of methoxy groups -OCH3 is 1. The third kappa shape index (κ3) is 2.91. The Morgan fingerprint density at radius 1 is 1.14 bits per heavy atom. The molecule has 0 unspecified atom stereocenters. The van der Waals surface area contributed by atoms with Crippen LogP contribution in [0.25, 0.3) is 6.08 Å². The first-order valence-corrected chi connectivity index (χ1v) is 6.89. The molecule has 0 radical (unpaired) electrons. The molecule has 1 aliphatic heterocycles. The van der Waals surface area contributed by atoms with Gasteiger partial charge in [0.25, 0.3) is 0 Å². The van der Waals surface area contributed by atoms with E-state index in [0.717, 1.165) is 11.1 Å². The summed E-state index contributed by atoms with van der Waals surface area (Å²) in [5.41, 5.74) is 3.08. The standard InChI is InChI=1S/C18H15NO3/c1-12-6-8-13(9-7-12)10-16-18(20)22-17(19-16)14-4-3-5-15(11-14)21-2/h3-11H,1-2H3. The quantitative estimate of drug-likeness (QED) is 0.644. The summed E-state index contributed by atoms with van der Waals surface area (Å²) in [5, 5.41) is 0. The molecule has 0 aromatic heterocycles. The van der Waals surface area contributed by atoms with Crippen LogP contribution < -0.4 is 4.74 Å². The fraction of sp³-hybridized carbons (Fsp3) is 0.111. The van der Waals surface area contributed by atoms with Crippen molar-refractivity contribution in [1.82, 2.24) is 0 Å². The Hall–Kier alpha value is -2.88. The van der Waals surface area contributed by atoms with Gasteiger partial charge in [-0.15, -0.1) is 0 Å². The van der Waals surface area contributed by atoms with Crippen molar-refractivity contribution < 1.29 is 14.3 Å². The van der Waals surface area contributed by atoms with Crippen molar-refractivity contribution in [2.24, 2.45) is 4.99 Å². The normalized spacial score (nSPS) is 15.6. The van der Waals surface area contributed by atoms with Crippen LogP contribution in [0.1, 0.15) is 16.7 Å². The third-order valence-corrected chi connectivity index (χ3v) is 3.32. The van der Waals surface area contributed by atoms with Crippen LogP contribution in [0.4, 0.5) is 0 Å². The monoisotopic (exact) mass is 293 g/mol. The second-order valence-corrected chi connectivity index (χ2v) is 4.98. The minimum Gasteiger partial charge on any atom is -0.497 e. The molecule has 0 aliphatic carbocycles. The minimum atomic E-state index is -0.446. The number of benzene rings is 2. The molecule has 0 fully saturated rings. The van der Waals surface area contributed by atoms with E-state index in [4.69, 9.17) is 9.47 Å². The van der Waals surface area contributed by atoms with Gasteiger partial charge in [0, 0.05) is 5.56 Å². The number of carbonyl (C=O) groups is 1. The predicted octanol–water partition coefficient (Wildman–Crippen LogP) is 3.35. The zero-order chi connectivity index (χ0) is 15.5. The lowest BCUT2D eigenvalue weighted by atomic mass is 10.1. The van der Waals surface area contributed by atoms with Gasteiger partial charge in [-0.3, -0.25) is 0 Å². The van der Waals surface area contributed by atoms with Gasteiger partial charge in [-0.1, -0.05) is 35.9 Å². The van der Waals surface area contributed by atoms with Gasteiger partial charge in [-0.25, -0.2) is 9.79 Å². The van der Waals surface area contributed by atoms with E-state index in [1.165, 1.54) is 0 Å². The van der Waals surface area contributed by atoms with E-state index < -0.39 is 5.97 Å². The molecule has 2 aromatic rings. The molecule has 4 heteroatoms. The Labute approximate surface area is 128 Å². The van der Waals surface area contributed by atoms with E-state index in [0.29, 0.717) is 22.9 Å². The maximum absolute atomic E-state index is 11.9. The number of cyclic esters (lactones) is 1. The number of aliphatic imine (C=N–C) groups is 1. The average molecular weight is 293 g/mol. The third-order valence-electron chi connectivity index (χ3n) is 3.32. The Bertz CT molecular complexity index is 773. The second kappa shape index (κ2) is 5.85. The second-order valence-electron chi connectivity index (χ2n) is 4.98. The van der Waals surface area contributed by atoms with Crippen molar-refractivity contribution in [2.75, 3.05) is 7.11 Å². The summed E-state index contributed by atoms with van der Waals surface area (Å²) in [4.78, 5) is 16.2. The van der Waals surface area contributed by atoms with Crippen molar-refractivity contribution in [3.05, 3.63) is 70.9 Å². The number of carbonyl (C=O) groups excluding carboxylic acids is 1. The molecule has 0 amide bonds. The zero-order valence-electron chi connectivity index (χ0n) is 12.4. The molecule has 1 aliphatic rings. The zero-order valence-corrected chi connectivity index (χ0v) is 12.4. The topological polar surface area (TPSA) is 47.9 Å². The van der Waals surface area contributed by atoms with Gasteiger partial charge in [0.2, 0.25) is 5.90 Å². The van der Waals surface area contributed by atoms with Crippen molar-refractivity contribution in [1.29, 1.82) is 0 Å². The van der Waals surface area contributed by atoms with Gasteiger partial charge in [0.1, 0.15) is 5.75 Å². The molecule has 1 heterocycles. The van der Waals surface area contributed by atoms with E-state index >= 15 is 0 Å². The van der Waals surface area contributed by atoms with Crippen LogP contribution in [0, 0.1) is 6.92 Å². The highest BCUT2D eigenvalue weighted by atomic mass is 16.6. The first-order chi connectivity index (χ1) is 10.7. The Kier molecular flexibility index (Phi) is 3.74. The number of aryl methyl sites for hydroxylation is 1. The molecule has 4 nitrogen and oxygen atoms in total. The van der Waals surface area contributed by atoms with Crippen LogP contribution in [-0.2, 0) is 9.53 Å². The molecule has 0 spiro atoms. The molecular formula is C18H15NO3. The molecule has 0 atom stereocenters. The lowest BCUT2D eigenvalue weighted by molar-refractivity contribution is -0.129. The van der Waals surface area contributed by atoms with E-state index in [-0.39, 0.29) is 0 Å². The van der Waals surface area contributed by atoms with Crippen LogP contribution in [0.3, 0.4) is 0 Å². The summed E-state index contributed by atoms with van der Waals surface area (Å²) in [5.74, 6) is 0.535. The van der Waals surface area contributed by atoms with E-state index in [9.17, 15) is 4.79 Å². The number of esters is 1. The molecule has 2 aromatic carbocycles. The number of ether oxygens (including phenoxy) is 2. The highest BCUT2D eigenvalue weighted by molar-refractivity contribution is 6.12. The number of nitrogens with zero attached hydrogens (tertiary/aromatic N) is 1. The molecule has 3 rings (SSSR count). The van der Waals surface area contributed by atoms with E-state index in [1.807, 2.05) is 49.4 Å². The van der Waals surface area contributed by atoms with Gasteiger partial charge in [-0.2, -0.15) is 0 Å². The molecule has 0 saturated heterocycles. The summed E-state index contributed by atoms with van der Waals surface area (Å²) in [6.45, 7) is 2.01. The van der Waals surface area contributed by atoms with Gasteiger partial charge < -0.3 is 9.47 Å². The average Bonchev–Trinajstić information content (AvgIpc) is 2.91. The van der Waals surface area contributed by atoms with Crippen LogP contribution in [-0.4, -0.2) is 19.0 Å². The lowest BCUT2D eigenvalue weighted by Crippen LogP contribution is -2.05. The van der Waals surface area contributed by atoms with Gasteiger partial charge in [0.15, 0.2) is 5.70 Å². The molecule has 0 N–H and O–H groups in total. The molecule has 0 bridgehead atoms. The lowest BCUT2D eigenvalue weighted by Gasteiger charge is -2.02. The molecule has 22 heavy (non-hydrogen) atoms.